The summed E-state index contributed by atoms with van der Waals surface area (Å²) in [7, 11) is 0. The van der Waals surface area contributed by atoms with Crippen molar-refractivity contribution >= 4 is 22.6 Å². The first-order valence-corrected chi connectivity index (χ1v) is 7.97. The zero-order valence-electron chi connectivity index (χ0n) is 12.3. The lowest BCUT2D eigenvalue weighted by atomic mass is 10.1. The van der Waals surface area contributed by atoms with Crippen LogP contribution in [0.25, 0.3) is 11.0 Å². The smallest absolute Gasteiger partial charge is 0.197 e. The summed E-state index contributed by atoms with van der Waals surface area (Å²) >= 11 is 5.98. The molecule has 1 aliphatic carbocycles. The largest absolute Gasteiger partial charge is 0.464 e. The Labute approximate surface area is 129 Å². The van der Waals surface area contributed by atoms with Gasteiger partial charge in [-0.15, -0.1) is 0 Å². The highest BCUT2D eigenvalue weighted by Crippen LogP contribution is 2.30. The molecular weight excluding hydrogens is 286 g/mol. The minimum Gasteiger partial charge on any atom is -0.464 e. The molecule has 112 valence electrons. The van der Waals surface area contributed by atoms with Crippen molar-refractivity contribution in [3.05, 3.63) is 45.3 Å². The van der Waals surface area contributed by atoms with Gasteiger partial charge < -0.3 is 4.42 Å². The molecular formula is C17H20ClNO2. The van der Waals surface area contributed by atoms with Gasteiger partial charge >= 0.3 is 0 Å². The van der Waals surface area contributed by atoms with Crippen LogP contribution in [0.3, 0.4) is 0 Å². The van der Waals surface area contributed by atoms with Crippen LogP contribution in [0, 0.1) is 5.92 Å². The van der Waals surface area contributed by atoms with Crippen molar-refractivity contribution in [2.24, 2.45) is 5.92 Å². The molecule has 0 atom stereocenters. The summed E-state index contributed by atoms with van der Waals surface area (Å²) in [5.74, 6) is 0.818. The highest BCUT2D eigenvalue weighted by atomic mass is 35.5. The van der Waals surface area contributed by atoms with Crippen molar-refractivity contribution in [2.45, 2.75) is 32.7 Å². The first kappa shape index (κ1) is 14.6. The molecule has 0 aliphatic heterocycles. The molecule has 0 unspecified atom stereocenters. The topological polar surface area (TPSA) is 33.5 Å². The zero-order valence-corrected chi connectivity index (χ0v) is 13.0. The van der Waals surface area contributed by atoms with Gasteiger partial charge in [-0.2, -0.15) is 0 Å². The maximum Gasteiger partial charge on any atom is 0.197 e. The lowest BCUT2D eigenvalue weighted by Crippen LogP contribution is -2.29. The fraction of sp³-hybridized carbons (Fsp3) is 0.471. The first-order chi connectivity index (χ1) is 10.2. The number of fused-ring (bicyclic) bond motifs is 1. The van der Waals surface area contributed by atoms with Gasteiger partial charge in [-0.1, -0.05) is 18.5 Å². The molecule has 1 heterocycles. The molecule has 1 aromatic heterocycles. The maximum atomic E-state index is 12.6. The highest BCUT2D eigenvalue weighted by Gasteiger charge is 2.24. The quantitative estimate of drug-likeness (QED) is 0.806. The van der Waals surface area contributed by atoms with Crippen molar-refractivity contribution in [3.8, 4) is 0 Å². The number of benzene rings is 1. The molecule has 3 rings (SSSR count). The fourth-order valence-corrected chi connectivity index (χ4v) is 2.88. The number of hydrogen-bond donors (Lipinski definition) is 0. The second-order valence-corrected chi connectivity index (χ2v) is 6.35. The van der Waals surface area contributed by atoms with Gasteiger partial charge in [0.05, 0.1) is 11.6 Å². The summed E-state index contributed by atoms with van der Waals surface area (Å²) in [5, 5.41) is 1.14. The minimum atomic E-state index is 0.0376. The van der Waals surface area contributed by atoms with Crippen molar-refractivity contribution in [1.82, 2.24) is 4.90 Å². The van der Waals surface area contributed by atoms with E-state index < -0.39 is 0 Å². The van der Waals surface area contributed by atoms with Crippen LogP contribution in [0.4, 0.5) is 0 Å². The second-order valence-electron chi connectivity index (χ2n) is 5.91. The van der Waals surface area contributed by atoms with Gasteiger partial charge in [0.25, 0.3) is 0 Å². The Balaban J connectivity index is 1.88. The van der Waals surface area contributed by atoms with Crippen LogP contribution in [-0.2, 0) is 6.54 Å². The Hall–Kier alpha value is -1.32. The van der Waals surface area contributed by atoms with Crippen LogP contribution in [0.2, 0.25) is 5.02 Å². The van der Waals surface area contributed by atoms with Crippen molar-refractivity contribution in [1.29, 1.82) is 0 Å². The van der Waals surface area contributed by atoms with Crippen LogP contribution in [0.15, 0.2) is 33.7 Å². The predicted octanol–water partition coefficient (Wildman–Crippen LogP) is 4.07. The molecule has 1 fully saturated rings. The third-order valence-electron chi connectivity index (χ3n) is 3.95. The predicted molar refractivity (Wildman–Crippen MR) is 85.8 cm³/mol. The van der Waals surface area contributed by atoms with E-state index in [4.69, 9.17) is 16.0 Å². The third kappa shape index (κ3) is 3.47. The molecule has 0 amide bonds. The van der Waals surface area contributed by atoms with Crippen molar-refractivity contribution in [2.75, 3.05) is 13.1 Å². The van der Waals surface area contributed by atoms with Gasteiger partial charge in [0.2, 0.25) is 0 Å². The van der Waals surface area contributed by atoms with E-state index in [9.17, 15) is 4.79 Å². The van der Waals surface area contributed by atoms with Crippen LogP contribution in [0.5, 0.6) is 0 Å². The average Bonchev–Trinajstić information content (AvgIpc) is 3.27. The van der Waals surface area contributed by atoms with Crippen LogP contribution in [0.1, 0.15) is 31.7 Å². The second kappa shape index (κ2) is 6.20. The summed E-state index contributed by atoms with van der Waals surface area (Å²) in [4.78, 5) is 14.9. The number of hydrogen-bond acceptors (Lipinski definition) is 3. The maximum absolute atomic E-state index is 12.6. The molecule has 21 heavy (non-hydrogen) atoms. The lowest BCUT2D eigenvalue weighted by molar-refractivity contribution is 0.253. The highest BCUT2D eigenvalue weighted by molar-refractivity contribution is 6.31. The van der Waals surface area contributed by atoms with E-state index in [-0.39, 0.29) is 5.43 Å². The minimum absolute atomic E-state index is 0.0376. The number of nitrogens with zero attached hydrogens (tertiary/aromatic N) is 1. The molecule has 0 bridgehead atoms. The summed E-state index contributed by atoms with van der Waals surface area (Å²) in [6, 6.07) is 5.18. The molecule has 0 saturated heterocycles. The number of halogens is 1. The molecule has 1 aliphatic rings. The third-order valence-corrected chi connectivity index (χ3v) is 4.19. The molecule has 4 heteroatoms. The van der Waals surface area contributed by atoms with E-state index in [1.165, 1.54) is 12.8 Å². The van der Waals surface area contributed by atoms with Crippen molar-refractivity contribution < 1.29 is 4.42 Å². The SMILES string of the molecule is CCCN(Cc1coc2ccc(Cl)cc2c1=O)CC1CC1. The number of rotatable bonds is 6. The lowest BCUT2D eigenvalue weighted by Gasteiger charge is -2.21. The fourth-order valence-electron chi connectivity index (χ4n) is 2.71. The first-order valence-electron chi connectivity index (χ1n) is 7.59. The van der Waals surface area contributed by atoms with E-state index in [1.807, 2.05) is 0 Å². The van der Waals surface area contributed by atoms with Gasteiger partial charge in [-0.25, -0.2) is 0 Å². The summed E-state index contributed by atoms with van der Waals surface area (Å²) in [6.07, 6.45) is 5.34. The average molecular weight is 306 g/mol. The van der Waals surface area contributed by atoms with E-state index >= 15 is 0 Å². The monoisotopic (exact) mass is 305 g/mol. The van der Waals surface area contributed by atoms with Crippen molar-refractivity contribution in [3.63, 3.8) is 0 Å². The summed E-state index contributed by atoms with van der Waals surface area (Å²) in [6.45, 7) is 4.93. The van der Waals surface area contributed by atoms with Crippen LogP contribution in [-0.4, -0.2) is 18.0 Å². The van der Waals surface area contributed by atoms with Crippen LogP contribution < -0.4 is 5.43 Å². The standard InChI is InChI=1S/C17H20ClNO2/c1-2-7-19(9-12-3-4-12)10-13-11-21-16-6-5-14(18)8-15(16)17(13)20/h5-6,8,11-12H,2-4,7,9-10H2,1H3. The van der Waals surface area contributed by atoms with E-state index in [0.717, 1.165) is 31.0 Å². The van der Waals surface area contributed by atoms with Gasteiger partial charge in [-0.05, 0) is 49.9 Å². The zero-order chi connectivity index (χ0) is 14.8. The van der Waals surface area contributed by atoms with Gasteiger partial charge in [-0.3, -0.25) is 9.69 Å². The summed E-state index contributed by atoms with van der Waals surface area (Å²) < 4.78 is 5.59. The van der Waals surface area contributed by atoms with E-state index in [2.05, 4.69) is 11.8 Å². The molecule has 0 spiro atoms. The van der Waals surface area contributed by atoms with Crippen LogP contribution >= 0.6 is 11.6 Å². The molecule has 0 N–H and O–H groups in total. The summed E-state index contributed by atoms with van der Waals surface area (Å²) in [5.41, 5.74) is 1.35. The normalized spacial score (nSPS) is 15.0. The van der Waals surface area contributed by atoms with Gasteiger partial charge in [0.1, 0.15) is 5.58 Å². The molecule has 2 aromatic rings. The Morgan fingerprint density at radius 3 is 2.90 bits per heavy atom. The molecule has 0 radical (unpaired) electrons. The van der Waals surface area contributed by atoms with Gasteiger partial charge in [0, 0.05) is 23.7 Å². The molecule has 1 aromatic carbocycles. The molecule has 3 nitrogen and oxygen atoms in total. The Bertz CT molecular complexity index is 691. The van der Waals surface area contributed by atoms with E-state index in [0.29, 0.717) is 22.5 Å². The Kier molecular flexibility index (Phi) is 4.32. The molecule has 1 saturated carbocycles. The van der Waals surface area contributed by atoms with Gasteiger partial charge in [0.15, 0.2) is 5.43 Å². The van der Waals surface area contributed by atoms with E-state index in [1.54, 1.807) is 24.5 Å². The Morgan fingerprint density at radius 2 is 2.19 bits per heavy atom. The Morgan fingerprint density at radius 1 is 1.38 bits per heavy atom.